The maximum absolute atomic E-state index is 10.3. The Bertz CT molecular complexity index is 1180. The van der Waals surface area contributed by atoms with E-state index in [1.165, 1.54) is 11.3 Å². The molecule has 0 atom stereocenters. The van der Waals surface area contributed by atoms with E-state index in [-0.39, 0.29) is 11.1 Å². The van der Waals surface area contributed by atoms with Crippen LogP contribution in [0.25, 0.3) is 0 Å². The van der Waals surface area contributed by atoms with Gasteiger partial charge in [0.25, 0.3) is 0 Å². The molecule has 1 aromatic carbocycles. The maximum atomic E-state index is 10.3. The van der Waals surface area contributed by atoms with Crippen LogP contribution in [0.5, 0.6) is 0 Å². The molecule has 44 heavy (non-hydrogen) atoms. The molecule has 1 aliphatic heterocycles. The summed E-state index contributed by atoms with van der Waals surface area (Å²) in [5.41, 5.74) is 1.19. The highest BCUT2D eigenvalue weighted by Gasteiger charge is 2.41. The van der Waals surface area contributed by atoms with E-state index in [1.54, 1.807) is 0 Å². The number of benzene rings is 1. The van der Waals surface area contributed by atoms with Gasteiger partial charge in [-0.25, -0.2) is 14.8 Å². The van der Waals surface area contributed by atoms with E-state index < -0.39 is 36.4 Å². The predicted molar refractivity (Wildman–Crippen MR) is 168 cm³/mol. The highest BCUT2D eigenvalue weighted by Crippen LogP contribution is 2.33. The maximum Gasteiger partial charge on any atom is 0.336 e. The second kappa shape index (κ2) is 14.8. The average Bonchev–Trinajstić information content (AvgIpc) is 2.86. The van der Waals surface area contributed by atoms with Crippen molar-refractivity contribution in [1.29, 1.82) is 0 Å². The van der Waals surface area contributed by atoms with Crippen LogP contribution in [-0.2, 0) is 27.5 Å². The number of hydrogen-bond acceptors (Lipinski definition) is 10. The molecule has 5 N–H and O–H groups in total. The van der Waals surface area contributed by atoms with Gasteiger partial charge in [-0.1, -0.05) is 12.1 Å². The van der Waals surface area contributed by atoms with Gasteiger partial charge >= 0.3 is 17.9 Å². The second-order valence-corrected chi connectivity index (χ2v) is 13.2. The molecule has 0 amide bonds. The second-order valence-electron chi connectivity index (χ2n) is 13.2. The summed E-state index contributed by atoms with van der Waals surface area (Å²) in [6.45, 7) is 11.0. The number of carbonyl (C=O) groups is 3. The first kappa shape index (κ1) is 36.4. The third-order valence-corrected chi connectivity index (χ3v) is 7.29. The van der Waals surface area contributed by atoms with E-state index in [0.717, 1.165) is 37.4 Å². The van der Waals surface area contributed by atoms with Crippen LogP contribution in [0, 0.1) is 0 Å². The summed E-state index contributed by atoms with van der Waals surface area (Å²) >= 11 is 0. The standard InChI is InChI=1S/C25H40N6.C6H8O7/c1-24(2)13-22(14-25(3,4)28-24)31(17-19-9-11-21(12-10-19)29(5)6)18-20-15-26-23(27-16-20)30(7)8;7-3(8)1-6(13,5(11)12)2-4(9)10/h9-12,15-16,22,28H,13-14,17-18H2,1-8H3;13H,1-2H2,(H,7,8)(H,9,10)(H,11,12). The molecule has 2 heterocycles. The number of aromatic nitrogens is 2. The number of nitrogens with one attached hydrogen (secondary N) is 1. The van der Waals surface area contributed by atoms with Gasteiger partial charge in [-0.05, 0) is 58.2 Å². The van der Waals surface area contributed by atoms with Crippen molar-refractivity contribution in [3.63, 3.8) is 0 Å². The van der Waals surface area contributed by atoms with Gasteiger partial charge in [-0.3, -0.25) is 14.5 Å². The Labute approximate surface area is 259 Å². The SMILES string of the molecule is CN(C)c1ccc(CN(Cc2cnc(N(C)C)nc2)C2CC(C)(C)NC(C)(C)C2)cc1.O=C(O)CC(O)(CC(=O)O)C(=O)O. The number of carboxylic acids is 3. The van der Waals surface area contributed by atoms with Gasteiger partial charge < -0.3 is 35.5 Å². The fourth-order valence-corrected chi connectivity index (χ4v) is 5.58. The van der Waals surface area contributed by atoms with Crippen molar-refractivity contribution in [3.05, 3.63) is 47.8 Å². The quantitative estimate of drug-likeness (QED) is 0.235. The zero-order valence-corrected chi connectivity index (χ0v) is 27.0. The minimum absolute atomic E-state index is 0.102. The fraction of sp³-hybridized carbons (Fsp3) is 0.581. The summed E-state index contributed by atoms with van der Waals surface area (Å²) in [4.78, 5) is 46.3. The lowest BCUT2D eigenvalue weighted by Crippen LogP contribution is -2.62. The van der Waals surface area contributed by atoms with Gasteiger partial charge in [0.2, 0.25) is 5.95 Å². The fourth-order valence-electron chi connectivity index (χ4n) is 5.58. The van der Waals surface area contributed by atoms with Crippen LogP contribution in [-0.4, -0.2) is 104 Å². The normalized spacial score (nSPS) is 16.0. The minimum Gasteiger partial charge on any atom is -0.481 e. The van der Waals surface area contributed by atoms with E-state index in [2.05, 4.69) is 91.1 Å². The van der Waals surface area contributed by atoms with Crippen LogP contribution in [0.2, 0.25) is 0 Å². The van der Waals surface area contributed by atoms with Gasteiger partial charge in [0.15, 0.2) is 5.60 Å². The summed E-state index contributed by atoms with van der Waals surface area (Å²) in [5.74, 6) is -4.27. The lowest BCUT2D eigenvalue weighted by Gasteiger charge is -2.49. The number of hydrogen-bond donors (Lipinski definition) is 5. The highest BCUT2D eigenvalue weighted by atomic mass is 16.4. The zero-order chi connectivity index (χ0) is 33.5. The first-order valence-electron chi connectivity index (χ1n) is 14.4. The molecule has 244 valence electrons. The Hall–Kier alpha value is -3.81. The lowest BCUT2D eigenvalue weighted by molar-refractivity contribution is -0.170. The Morgan fingerprint density at radius 2 is 1.27 bits per heavy atom. The molecular weight excluding hydrogens is 568 g/mol. The molecule has 13 heteroatoms. The summed E-state index contributed by atoms with van der Waals surface area (Å²) in [6, 6.07) is 9.40. The summed E-state index contributed by atoms with van der Waals surface area (Å²) in [6.07, 6.45) is 3.89. The van der Waals surface area contributed by atoms with Gasteiger partial charge in [0.05, 0.1) is 12.8 Å². The number of carboxylic acid groups (broad SMARTS) is 3. The van der Waals surface area contributed by atoms with E-state index in [1.807, 2.05) is 31.4 Å². The van der Waals surface area contributed by atoms with Crippen molar-refractivity contribution in [3.8, 4) is 0 Å². The van der Waals surface area contributed by atoms with E-state index in [4.69, 9.17) is 20.4 Å². The molecule has 1 aliphatic rings. The van der Waals surface area contributed by atoms with Crippen LogP contribution in [0.3, 0.4) is 0 Å². The average molecular weight is 617 g/mol. The monoisotopic (exact) mass is 616 g/mol. The Morgan fingerprint density at radius 1 is 0.818 bits per heavy atom. The van der Waals surface area contributed by atoms with Crippen LogP contribution in [0.1, 0.15) is 64.5 Å². The van der Waals surface area contributed by atoms with Crippen molar-refractivity contribution in [2.45, 2.75) is 89.2 Å². The Morgan fingerprint density at radius 3 is 1.66 bits per heavy atom. The predicted octanol–water partition coefficient (Wildman–Crippen LogP) is 2.67. The first-order valence-corrected chi connectivity index (χ1v) is 14.4. The van der Waals surface area contributed by atoms with Crippen LogP contribution in [0.4, 0.5) is 11.6 Å². The molecule has 2 aromatic rings. The van der Waals surface area contributed by atoms with E-state index in [0.29, 0.717) is 6.04 Å². The topological polar surface area (TPSA) is 180 Å². The van der Waals surface area contributed by atoms with Gasteiger partial charge in [-0.15, -0.1) is 0 Å². The molecule has 0 spiro atoms. The van der Waals surface area contributed by atoms with Gasteiger partial charge in [0.1, 0.15) is 0 Å². The summed E-state index contributed by atoms with van der Waals surface area (Å²) < 4.78 is 0. The summed E-state index contributed by atoms with van der Waals surface area (Å²) in [5, 5.41) is 37.6. The zero-order valence-electron chi connectivity index (χ0n) is 27.0. The van der Waals surface area contributed by atoms with Crippen molar-refractivity contribution >= 4 is 29.5 Å². The number of aliphatic carboxylic acids is 3. The number of anilines is 2. The Balaban J connectivity index is 0.000000439. The number of rotatable bonds is 12. The van der Waals surface area contributed by atoms with Crippen molar-refractivity contribution in [2.24, 2.45) is 0 Å². The molecule has 13 nitrogen and oxygen atoms in total. The molecule has 1 saturated heterocycles. The Kier molecular flexibility index (Phi) is 12.2. The third kappa shape index (κ3) is 11.4. The molecule has 0 aliphatic carbocycles. The molecular formula is C31H48N6O7. The molecule has 1 fully saturated rings. The van der Waals surface area contributed by atoms with Gasteiger partial charge in [-0.2, -0.15) is 0 Å². The van der Waals surface area contributed by atoms with Gasteiger partial charge in [0, 0.05) is 82.0 Å². The molecule has 1 aromatic heterocycles. The minimum atomic E-state index is -2.74. The van der Waals surface area contributed by atoms with Crippen molar-refractivity contribution < 1.29 is 34.8 Å². The van der Waals surface area contributed by atoms with E-state index >= 15 is 0 Å². The third-order valence-electron chi connectivity index (χ3n) is 7.29. The molecule has 0 saturated carbocycles. The number of piperidine rings is 1. The van der Waals surface area contributed by atoms with Crippen LogP contribution < -0.4 is 15.1 Å². The van der Waals surface area contributed by atoms with Crippen LogP contribution in [0.15, 0.2) is 36.7 Å². The highest BCUT2D eigenvalue weighted by molar-refractivity contribution is 5.88. The van der Waals surface area contributed by atoms with E-state index in [9.17, 15) is 14.4 Å². The molecule has 0 unspecified atom stereocenters. The summed E-state index contributed by atoms with van der Waals surface area (Å²) in [7, 11) is 8.10. The first-order chi connectivity index (χ1) is 20.2. The van der Waals surface area contributed by atoms with Crippen molar-refractivity contribution in [1.82, 2.24) is 20.2 Å². The lowest BCUT2D eigenvalue weighted by atomic mass is 9.79. The number of aliphatic hydroxyl groups is 1. The molecule has 0 radical (unpaired) electrons. The van der Waals surface area contributed by atoms with Crippen molar-refractivity contribution in [2.75, 3.05) is 38.0 Å². The smallest absolute Gasteiger partial charge is 0.336 e. The number of nitrogens with zero attached hydrogens (tertiary/aromatic N) is 5. The molecule has 3 rings (SSSR count). The largest absolute Gasteiger partial charge is 0.481 e. The van der Waals surface area contributed by atoms with Crippen LogP contribution >= 0.6 is 0 Å². The molecule has 0 bridgehead atoms.